The average Bonchev–Trinajstić information content (AvgIpc) is 3.35. The van der Waals surface area contributed by atoms with Crippen LogP contribution < -0.4 is 9.64 Å². The van der Waals surface area contributed by atoms with Gasteiger partial charge in [0.05, 0.1) is 29.5 Å². The van der Waals surface area contributed by atoms with Crippen LogP contribution in [0.15, 0.2) is 91.1 Å². The standard InChI is InChI=1S/C27H17F4N3O2S/c28-20-5-1-4-8-24(20)34(26(35)23-15-32-21-6-2-3-7-22(21)33-23)16-19-13-14-25(37-19)17-9-11-18(12-10-17)36-27(29,30)31/h1-15H,16H2. The molecule has 0 radical (unpaired) electrons. The minimum atomic E-state index is -4.77. The van der Waals surface area contributed by atoms with Gasteiger partial charge in [0.2, 0.25) is 0 Å². The van der Waals surface area contributed by atoms with Crippen molar-refractivity contribution >= 4 is 34.0 Å². The van der Waals surface area contributed by atoms with Crippen molar-refractivity contribution in [2.75, 3.05) is 4.90 Å². The van der Waals surface area contributed by atoms with Gasteiger partial charge in [-0.2, -0.15) is 0 Å². The Balaban J connectivity index is 1.43. The van der Waals surface area contributed by atoms with Gasteiger partial charge in [0.15, 0.2) is 0 Å². The smallest absolute Gasteiger partial charge is 0.406 e. The van der Waals surface area contributed by atoms with Crippen molar-refractivity contribution in [3.05, 3.63) is 108 Å². The Hall–Kier alpha value is -4.31. The zero-order chi connectivity index (χ0) is 26.0. The Morgan fingerprint density at radius 3 is 2.32 bits per heavy atom. The maximum atomic E-state index is 14.8. The van der Waals surface area contributed by atoms with Gasteiger partial charge in [-0.15, -0.1) is 24.5 Å². The number of nitrogens with zero attached hydrogens (tertiary/aromatic N) is 3. The summed E-state index contributed by atoms with van der Waals surface area (Å²) in [6, 6.07) is 22.1. The molecule has 1 amide bonds. The van der Waals surface area contributed by atoms with Crippen LogP contribution in [0.4, 0.5) is 23.2 Å². The fraction of sp³-hybridized carbons (Fsp3) is 0.0741. The van der Waals surface area contributed by atoms with E-state index in [-0.39, 0.29) is 23.7 Å². The minimum Gasteiger partial charge on any atom is -0.406 e. The van der Waals surface area contributed by atoms with E-state index in [1.165, 1.54) is 64.9 Å². The highest BCUT2D eigenvalue weighted by Gasteiger charge is 2.31. The molecule has 0 spiro atoms. The van der Waals surface area contributed by atoms with E-state index in [1.54, 1.807) is 36.4 Å². The number of rotatable bonds is 6. The maximum Gasteiger partial charge on any atom is 0.573 e. The average molecular weight is 524 g/mol. The first-order chi connectivity index (χ1) is 17.8. The van der Waals surface area contributed by atoms with E-state index in [9.17, 15) is 22.4 Å². The molecule has 0 N–H and O–H groups in total. The number of aromatic nitrogens is 2. The largest absolute Gasteiger partial charge is 0.573 e. The van der Waals surface area contributed by atoms with Crippen LogP contribution in [-0.2, 0) is 6.54 Å². The van der Waals surface area contributed by atoms with E-state index >= 15 is 0 Å². The predicted octanol–water partition coefficient (Wildman–Crippen LogP) is 7.24. The molecule has 5 aromatic rings. The summed E-state index contributed by atoms with van der Waals surface area (Å²) in [5.41, 5.74) is 2.00. The number of thiophene rings is 1. The van der Waals surface area contributed by atoms with Crippen molar-refractivity contribution in [3.63, 3.8) is 0 Å². The number of hydrogen-bond acceptors (Lipinski definition) is 5. The Kier molecular flexibility index (Phi) is 6.58. The number of carbonyl (C=O) groups excluding carboxylic acids is 1. The molecule has 5 nitrogen and oxygen atoms in total. The number of hydrogen-bond donors (Lipinski definition) is 0. The van der Waals surface area contributed by atoms with E-state index in [2.05, 4.69) is 14.7 Å². The molecule has 0 unspecified atom stereocenters. The molecule has 10 heteroatoms. The summed E-state index contributed by atoms with van der Waals surface area (Å²) in [6.45, 7) is 0.0498. The van der Waals surface area contributed by atoms with Crippen LogP contribution in [0.2, 0.25) is 0 Å². The number of fused-ring (bicyclic) bond motifs is 1. The van der Waals surface area contributed by atoms with Crippen molar-refractivity contribution in [1.82, 2.24) is 9.97 Å². The van der Waals surface area contributed by atoms with Crippen molar-refractivity contribution < 1.29 is 27.1 Å². The van der Waals surface area contributed by atoms with Gasteiger partial charge < -0.3 is 4.74 Å². The van der Waals surface area contributed by atoms with Gasteiger partial charge >= 0.3 is 6.36 Å². The monoisotopic (exact) mass is 523 g/mol. The SMILES string of the molecule is O=C(c1cnc2ccccc2n1)N(Cc1ccc(-c2ccc(OC(F)(F)F)cc2)s1)c1ccccc1F. The lowest BCUT2D eigenvalue weighted by atomic mass is 10.2. The summed E-state index contributed by atoms with van der Waals surface area (Å²) >= 11 is 1.33. The summed E-state index contributed by atoms with van der Waals surface area (Å²) in [4.78, 5) is 25.0. The number of ether oxygens (including phenoxy) is 1. The number of carbonyl (C=O) groups is 1. The van der Waals surface area contributed by atoms with Crippen LogP contribution in [-0.4, -0.2) is 22.2 Å². The first-order valence-electron chi connectivity index (χ1n) is 11.0. The molecule has 5 rings (SSSR count). The molecule has 0 bridgehead atoms. The van der Waals surface area contributed by atoms with Gasteiger partial charge in [-0.05, 0) is 66.2 Å². The molecule has 0 saturated heterocycles. The quantitative estimate of drug-likeness (QED) is 0.220. The highest BCUT2D eigenvalue weighted by molar-refractivity contribution is 7.15. The summed E-state index contributed by atoms with van der Waals surface area (Å²) in [5, 5.41) is 0. The van der Waals surface area contributed by atoms with Crippen molar-refractivity contribution in [1.29, 1.82) is 0 Å². The molecular weight excluding hydrogens is 506 g/mol. The predicted molar refractivity (Wildman–Crippen MR) is 133 cm³/mol. The number of amides is 1. The van der Waals surface area contributed by atoms with E-state index in [0.717, 1.165) is 9.75 Å². The van der Waals surface area contributed by atoms with Crippen LogP contribution in [0.1, 0.15) is 15.4 Å². The van der Waals surface area contributed by atoms with Crippen LogP contribution in [0, 0.1) is 5.82 Å². The van der Waals surface area contributed by atoms with Gasteiger partial charge in [-0.1, -0.05) is 24.3 Å². The fourth-order valence-electron chi connectivity index (χ4n) is 3.73. The first-order valence-corrected chi connectivity index (χ1v) is 11.8. The highest BCUT2D eigenvalue weighted by Crippen LogP contribution is 2.33. The van der Waals surface area contributed by atoms with E-state index in [1.807, 2.05) is 6.07 Å². The molecular formula is C27H17F4N3O2S. The topological polar surface area (TPSA) is 55.3 Å². The second kappa shape index (κ2) is 9.98. The number of halogens is 4. The molecule has 0 aliphatic heterocycles. The Morgan fingerprint density at radius 2 is 1.59 bits per heavy atom. The summed E-state index contributed by atoms with van der Waals surface area (Å²) in [6.07, 6.45) is -3.40. The minimum absolute atomic E-state index is 0.0498. The normalized spacial score (nSPS) is 11.5. The highest BCUT2D eigenvalue weighted by atomic mass is 32.1. The molecule has 0 saturated carbocycles. The Bertz CT molecular complexity index is 1570. The fourth-order valence-corrected chi connectivity index (χ4v) is 4.73. The molecule has 2 heterocycles. The zero-order valence-corrected chi connectivity index (χ0v) is 19.8. The van der Waals surface area contributed by atoms with E-state index in [0.29, 0.717) is 16.6 Å². The number of anilines is 1. The molecule has 0 atom stereocenters. The van der Waals surface area contributed by atoms with Crippen molar-refractivity contribution in [2.24, 2.45) is 0 Å². The second-order valence-corrected chi connectivity index (χ2v) is 9.09. The molecule has 37 heavy (non-hydrogen) atoms. The Morgan fingerprint density at radius 1 is 0.892 bits per heavy atom. The zero-order valence-electron chi connectivity index (χ0n) is 18.9. The van der Waals surface area contributed by atoms with Crippen LogP contribution in [0.25, 0.3) is 21.5 Å². The lowest BCUT2D eigenvalue weighted by molar-refractivity contribution is -0.274. The van der Waals surface area contributed by atoms with Gasteiger partial charge in [0.25, 0.3) is 5.91 Å². The van der Waals surface area contributed by atoms with Crippen molar-refractivity contribution in [3.8, 4) is 16.2 Å². The third-order valence-corrected chi connectivity index (χ3v) is 6.52. The van der Waals surface area contributed by atoms with E-state index < -0.39 is 18.1 Å². The first kappa shape index (κ1) is 24.4. The summed E-state index contributed by atoms with van der Waals surface area (Å²) < 4.78 is 56.0. The van der Waals surface area contributed by atoms with Crippen molar-refractivity contribution in [2.45, 2.75) is 12.9 Å². The van der Waals surface area contributed by atoms with Crippen LogP contribution in [0.3, 0.4) is 0 Å². The number of alkyl halides is 3. The molecule has 0 fully saturated rings. The molecule has 3 aromatic carbocycles. The third kappa shape index (κ3) is 5.59. The summed E-state index contributed by atoms with van der Waals surface area (Å²) in [5.74, 6) is -1.41. The van der Waals surface area contributed by atoms with Gasteiger partial charge in [0, 0.05) is 9.75 Å². The Labute approximate surface area is 212 Å². The second-order valence-electron chi connectivity index (χ2n) is 7.92. The lowest BCUT2D eigenvalue weighted by Gasteiger charge is -2.22. The van der Waals surface area contributed by atoms with Gasteiger partial charge in [-0.3, -0.25) is 14.7 Å². The molecule has 0 aliphatic rings. The maximum absolute atomic E-state index is 14.8. The summed E-state index contributed by atoms with van der Waals surface area (Å²) in [7, 11) is 0. The van der Waals surface area contributed by atoms with E-state index in [4.69, 9.17) is 0 Å². The molecule has 0 aliphatic carbocycles. The number of para-hydroxylation sites is 3. The molecule has 2 aromatic heterocycles. The number of benzene rings is 3. The lowest BCUT2D eigenvalue weighted by Crippen LogP contribution is -2.31. The van der Waals surface area contributed by atoms with Gasteiger partial charge in [-0.25, -0.2) is 9.37 Å². The van der Waals surface area contributed by atoms with Crippen LogP contribution in [0.5, 0.6) is 5.75 Å². The van der Waals surface area contributed by atoms with Crippen LogP contribution >= 0.6 is 11.3 Å². The molecule has 186 valence electrons. The van der Waals surface area contributed by atoms with Gasteiger partial charge in [0.1, 0.15) is 17.3 Å². The third-order valence-electron chi connectivity index (χ3n) is 5.40.